The summed E-state index contributed by atoms with van der Waals surface area (Å²) in [7, 11) is -3.83. The van der Waals surface area contributed by atoms with E-state index in [-0.39, 0.29) is 11.1 Å². The maximum absolute atomic E-state index is 10.4. The molecule has 0 aromatic carbocycles. The average molecular weight is 260 g/mol. The second kappa shape index (κ2) is 5.93. The highest BCUT2D eigenvalue weighted by atomic mass is 28.5. The van der Waals surface area contributed by atoms with Gasteiger partial charge in [-0.2, -0.15) is 0 Å². The molecule has 0 amide bonds. The predicted molar refractivity (Wildman–Crippen MR) is 72.4 cm³/mol. The summed E-state index contributed by atoms with van der Waals surface area (Å²) in [4.78, 5) is 10.4. The fourth-order valence-corrected chi connectivity index (χ4v) is 7.92. The van der Waals surface area contributed by atoms with Crippen molar-refractivity contribution in [2.75, 3.05) is 7.11 Å². The Labute approximate surface area is 101 Å². The molecule has 0 saturated carbocycles. The molecule has 3 nitrogen and oxygen atoms in total. The van der Waals surface area contributed by atoms with Gasteiger partial charge < -0.3 is 13.3 Å². The van der Waals surface area contributed by atoms with Crippen molar-refractivity contribution in [1.29, 1.82) is 0 Å². The molecule has 5 heteroatoms. The van der Waals surface area contributed by atoms with Crippen molar-refractivity contribution in [2.45, 2.75) is 38.8 Å². The quantitative estimate of drug-likeness (QED) is 0.715. The van der Waals surface area contributed by atoms with Crippen LogP contribution in [0.4, 0.5) is 0 Å². The van der Waals surface area contributed by atoms with Gasteiger partial charge in [-0.15, -0.1) is 13.2 Å². The van der Waals surface area contributed by atoms with Crippen LogP contribution in [0.25, 0.3) is 0 Å². The molecule has 0 heterocycles. The van der Waals surface area contributed by atoms with E-state index in [2.05, 4.69) is 13.2 Å². The molecular weight excluding hydrogens is 236 g/mol. The van der Waals surface area contributed by atoms with E-state index in [4.69, 9.17) is 8.54 Å². The van der Waals surface area contributed by atoms with E-state index in [0.29, 0.717) is 0 Å². The van der Waals surface area contributed by atoms with Gasteiger partial charge in [-0.1, -0.05) is 39.1 Å². The van der Waals surface area contributed by atoms with E-state index in [1.54, 1.807) is 18.5 Å². The van der Waals surface area contributed by atoms with Gasteiger partial charge in [-0.25, -0.2) is 0 Å². The van der Waals surface area contributed by atoms with Gasteiger partial charge in [0.2, 0.25) is 0 Å². The first kappa shape index (κ1) is 15.8. The molecule has 0 saturated heterocycles. The van der Waals surface area contributed by atoms with Crippen LogP contribution in [0.3, 0.4) is 0 Å². The van der Waals surface area contributed by atoms with Crippen molar-refractivity contribution in [3.05, 3.63) is 24.6 Å². The highest BCUT2D eigenvalue weighted by Gasteiger charge is 2.47. The van der Waals surface area contributed by atoms with Gasteiger partial charge in [0.25, 0.3) is 0 Å². The fourth-order valence-electron chi connectivity index (χ4n) is 1.41. The van der Waals surface area contributed by atoms with Crippen LogP contribution in [0.1, 0.15) is 27.7 Å². The highest BCUT2D eigenvalue weighted by Crippen LogP contribution is 2.31. The van der Waals surface area contributed by atoms with Crippen LogP contribution < -0.4 is 0 Å². The van der Waals surface area contributed by atoms with Crippen molar-refractivity contribution < 1.29 is 13.3 Å². The first-order valence-corrected chi connectivity index (χ1v) is 9.51. The minimum absolute atomic E-state index is 0.0470. The third-order valence-corrected chi connectivity index (χ3v) is 10.5. The van der Waals surface area contributed by atoms with Crippen LogP contribution in [0, 0.1) is 0 Å². The van der Waals surface area contributed by atoms with Gasteiger partial charge in [0.05, 0.1) is 0 Å². The van der Waals surface area contributed by atoms with Gasteiger partial charge >= 0.3 is 17.1 Å². The minimum atomic E-state index is -2.91. The molecule has 0 aliphatic carbocycles. The third kappa shape index (κ3) is 3.14. The van der Waals surface area contributed by atoms with Gasteiger partial charge in [-0.3, -0.25) is 0 Å². The van der Waals surface area contributed by atoms with E-state index in [1.807, 2.05) is 27.7 Å². The predicted octanol–water partition coefficient (Wildman–Crippen LogP) is 2.80. The van der Waals surface area contributed by atoms with Gasteiger partial charge in [0, 0.05) is 18.2 Å². The van der Waals surface area contributed by atoms with Crippen molar-refractivity contribution >= 4 is 17.1 Å². The molecule has 0 spiro atoms. The number of hydrogen-bond acceptors (Lipinski definition) is 3. The first-order valence-electron chi connectivity index (χ1n) is 5.52. The zero-order valence-electron chi connectivity index (χ0n) is 11.0. The second-order valence-electron chi connectivity index (χ2n) is 4.50. The monoisotopic (exact) mass is 260 g/mol. The van der Waals surface area contributed by atoms with Crippen LogP contribution in [0.2, 0.25) is 11.1 Å². The highest BCUT2D eigenvalue weighted by molar-refractivity contribution is 6.86. The summed E-state index contributed by atoms with van der Waals surface area (Å²) in [5.74, 6) is 0. The molecular formula is C11H24O3Si2. The first-order chi connectivity index (χ1) is 7.28. The topological polar surface area (TPSA) is 38.7 Å². The summed E-state index contributed by atoms with van der Waals surface area (Å²) in [6, 6.07) is 0. The number of hydrogen-bond donors (Lipinski definition) is 1. The molecule has 0 aromatic rings. The van der Waals surface area contributed by atoms with Crippen LogP contribution in [-0.4, -0.2) is 29.0 Å². The molecule has 0 aliphatic rings. The maximum atomic E-state index is 10.4. The Kier molecular flexibility index (Phi) is 5.85. The standard InChI is InChI=1S/C11H24O3Si2/c1-8-15(12,10(3)4)14-16(9-2,13-7)11(5)6/h8-12H,1-2H2,3-7H3. The van der Waals surface area contributed by atoms with Gasteiger partial charge in [0.1, 0.15) is 0 Å². The molecule has 2 unspecified atom stereocenters. The summed E-state index contributed by atoms with van der Waals surface area (Å²) in [5.41, 5.74) is 3.55. The number of rotatable bonds is 7. The Morgan fingerprint density at radius 1 is 1.06 bits per heavy atom. The second-order valence-corrected chi connectivity index (χ2v) is 11.8. The lowest BCUT2D eigenvalue weighted by atomic mass is 10.6. The smallest absolute Gasteiger partial charge is 0.358 e. The molecule has 1 N–H and O–H groups in total. The Hall–Kier alpha value is -0.206. The van der Waals surface area contributed by atoms with Crippen molar-refractivity contribution in [2.24, 2.45) is 0 Å². The van der Waals surface area contributed by atoms with Crippen LogP contribution in [0.15, 0.2) is 24.6 Å². The molecule has 0 aliphatic heterocycles. The lowest BCUT2D eigenvalue weighted by Crippen LogP contribution is -2.55. The Morgan fingerprint density at radius 2 is 1.56 bits per heavy atom. The lowest BCUT2D eigenvalue weighted by Gasteiger charge is -2.37. The Balaban J connectivity index is 5.15. The minimum Gasteiger partial charge on any atom is -0.408 e. The van der Waals surface area contributed by atoms with Crippen LogP contribution >= 0.6 is 0 Å². The molecule has 0 fully saturated rings. The molecule has 94 valence electrons. The maximum Gasteiger partial charge on any atom is 0.358 e. The molecule has 0 bridgehead atoms. The lowest BCUT2D eigenvalue weighted by molar-refractivity contribution is 0.261. The zero-order chi connectivity index (χ0) is 13.0. The van der Waals surface area contributed by atoms with E-state index in [1.165, 1.54) is 0 Å². The molecule has 0 radical (unpaired) electrons. The molecule has 2 atom stereocenters. The summed E-state index contributed by atoms with van der Waals surface area (Å²) in [6.45, 7) is 15.4. The summed E-state index contributed by atoms with van der Waals surface area (Å²) < 4.78 is 11.5. The molecule has 0 rings (SSSR count). The van der Waals surface area contributed by atoms with Crippen LogP contribution in [-0.2, 0) is 8.54 Å². The van der Waals surface area contributed by atoms with E-state index >= 15 is 0 Å². The largest absolute Gasteiger partial charge is 0.408 e. The fraction of sp³-hybridized carbons (Fsp3) is 0.636. The van der Waals surface area contributed by atoms with Crippen molar-refractivity contribution in [3.8, 4) is 0 Å². The molecule has 0 aromatic heterocycles. The van der Waals surface area contributed by atoms with E-state index < -0.39 is 17.1 Å². The van der Waals surface area contributed by atoms with Gasteiger partial charge in [0.15, 0.2) is 0 Å². The van der Waals surface area contributed by atoms with E-state index in [9.17, 15) is 4.80 Å². The van der Waals surface area contributed by atoms with Gasteiger partial charge in [-0.05, 0) is 0 Å². The third-order valence-electron chi connectivity index (χ3n) is 2.85. The normalized spacial score (nSPS) is 19.2. The zero-order valence-corrected chi connectivity index (χ0v) is 13.0. The van der Waals surface area contributed by atoms with E-state index in [0.717, 1.165) is 0 Å². The average Bonchev–Trinajstić information content (AvgIpc) is 2.25. The van der Waals surface area contributed by atoms with Crippen molar-refractivity contribution in [3.63, 3.8) is 0 Å². The van der Waals surface area contributed by atoms with Crippen molar-refractivity contribution in [1.82, 2.24) is 0 Å². The summed E-state index contributed by atoms with van der Waals surface area (Å²) in [6.07, 6.45) is 0. The SMILES string of the molecule is C=C[Si](O)(O[Si](C=C)(OC)C(C)C)C(C)C. The Bertz CT molecular complexity index is 256. The summed E-state index contributed by atoms with van der Waals surface area (Å²) in [5, 5.41) is 0. The summed E-state index contributed by atoms with van der Waals surface area (Å²) >= 11 is 0. The van der Waals surface area contributed by atoms with Crippen LogP contribution in [0.5, 0.6) is 0 Å². The molecule has 16 heavy (non-hydrogen) atoms. The Morgan fingerprint density at radius 3 is 1.75 bits per heavy atom.